The third kappa shape index (κ3) is 3.16. The summed E-state index contributed by atoms with van der Waals surface area (Å²) >= 11 is 3.49. The highest BCUT2D eigenvalue weighted by molar-refractivity contribution is 9.10. The number of halogens is 1. The molecule has 0 radical (unpaired) electrons. The molecule has 0 fully saturated rings. The molecule has 18 heavy (non-hydrogen) atoms. The van der Waals surface area contributed by atoms with Gasteiger partial charge in [-0.2, -0.15) is 0 Å². The van der Waals surface area contributed by atoms with Gasteiger partial charge in [0.2, 0.25) is 0 Å². The van der Waals surface area contributed by atoms with E-state index in [0.717, 1.165) is 22.3 Å². The SMILES string of the molecule is CCC(C)Cc1cc(-c2ccccc2)nnc1Br. The molecule has 0 aliphatic heterocycles. The summed E-state index contributed by atoms with van der Waals surface area (Å²) in [6.07, 6.45) is 2.21. The van der Waals surface area contributed by atoms with Gasteiger partial charge in [-0.05, 0) is 39.9 Å². The van der Waals surface area contributed by atoms with Gasteiger partial charge in [0.1, 0.15) is 4.60 Å². The van der Waals surface area contributed by atoms with Crippen LogP contribution >= 0.6 is 15.9 Å². The summed E-state index contributed by atoms with van der Waals surface area (Å²) in [6, 6.07) is 12.3. The average Bonchev–Trinajstić information content (AvgIpc) is 2.42. The van der Waals surface area contributed by atoms with Crippen LogP contribution in [-0.2, 0) is 6.42 Å². The Balaban J connectivity index is 2.32. The molecule has 0 aliphatic rings. The van der Waals surface area contributed by atoms with Gasteiger partial charge in [-0.1, -0.05) is 50.6 Å². The third-order valence-corrected chi connectivity index (χ3v) is 3.82. The Labute approximate surface area is 117 Å². The lowest BCUT2D eigenvalue weighted by Gasteiger charge is -2.10. The highest BCUT2D eigenvalue weighted by Crippen LogP contribution is 2.23. The highest BCUT2D eigenvalue weighted by atomic mass is 79.9. The van der Waals surface area contributed by atoms with Crippen LogP contribution in [-0.4, -0.2) is 10.2 Å². The minimum absolute atomic E-state index is 0.661. The fraction of sp³-hybridized carbons (Fsp3) is 0.333. The number of hydrogen-bond donors (Lipinski definition) is 0. The molecule has 1 aromatic carbocycles. The van der Waals surface area contributed by atoms with E-state index in [9.17, 15) is 0 Å². The summed E-state index contributed by atoms with van der Waals surface area (Å²) in [5.74, 6) is 0.661. The van der Waals surface area contributed by atoms with Crippen molar-refractivity contribution in [3.8, 4) is 11.3 Å². The van der Waals surface area contributed by atoms with Gasteiger partial charge < -0.3 is 0 Å². The molecule has 0 bridgehead atoms. The number of nitrogens with zero attached hydrogens (tertiary/aromatic N) is 2. The van der Waals surface area contributed by atoms with Crippen molar-refractivity contribution in [2.45, 2.75) is 26.7 Å². The largest absolute Gasteiger partial charge is 0.149 e. The molecule has 2 nitrogen and oxygen atoms in total. The average molecular weight is 305 g/mol. The first-order chi connectivity index (χ1) is 8.70. The van der Waals surface area contributed by atoms with Gasteiger partial charge in [0.05, 0.1) is 5.69 Å². The summed E-state index contributed by atoms with van der Waals surface area (Å²) in [5.41, 5.74) is 3.29. The summed E-state index contributed by atoms with van der Waals surface area (Å²) in [4.78, 5) is 0. The molecule has 94 valence electrons. The van der Waals surface area contributed by atoms with Crippen molar-refractivity contribution in [1.82, 2.24) is 10.2 Å². The first-order valence-corrected chi connectivity index (χ1v) is 7.07. The van der Waals surface area contributed by atoms with Gasteiger partial charge in [-0.15, -0.1) is 10.2 Å². The zero-order valence-electron chi connectivity index (χ0n) is 10.7. The van der Waals surface area contributed by atoms with E-state index >= 15 is 0 Å². The maximum atomic E-state index is 4.25. The van der Waals surface area contributed by atoms with E-state index in [1.807, 2.05) is 18.2 Å². The first-order valence-electron chi connectivity index (χ1n) is 6.28. The highest BCUT2D eigenvalue weighted by Gasteiger charge is 2.09. The van der Waals surface area contributed by atoms with Crippen LogP contribution in [0.1, 0.15) is 25.8 Å². The Morgan fingerprint density at radius 1 is 1.17 bits per heavy atom. The molecule has 0 saturated heterocycles. The van der Waals surface area contributed by atoms with Crippen molar-refractivity contribution >= 4 is 15.9 Å². The normalized spacial score (nSPS) is 12.4. The lowest BCUT2D eigenvalue weighted by Crippen LogP contribution is -2.01. The smallest absolute Gasteiger partial charge is 0.132 e. The molecule has 0 aliphatic carbocycles. The molecular formula is C15H17BrN2. The lowest BCUT2D eigenvalue weighted by atomic mass is 9.99. The molecule has 1 atom stereocenters. The van der Waals surface area contributed by atoms with Crippen LogP contribution in [0.4, 0.5) is 0 Å². The topological polar surface area (TPSA) is 25.8 Å². The molecule has 1 heterocycles. The lowest BCUT2D eigenvalue weighted by molar-refractivity contribution is 0.557. The van der Waals surface area contributed by atoms with Crippen LogP contribution in [0.2, 0.25) is 0 Å². The fourth-order valence-corrected chi connectivity index (χ4v) is 2.18. The maximum Gasteiger partial charge on any atom is 0.132 e. The zero-order valence-corrected chi connectivity index (χ0v) is 12.3. The summed E-state index contributed by atoms with van der Waals surface area (Å²) in [5, 5.41) is 8.45. The molecule has 0 spiro atoms. The predicted octanol–water partition coefficient (Wildman–Crippen LogP) is 4.49. The fourth-order valence-electron chi connectivity index (χ4n) is 1.83. The second-order valence-electron chi connectivity index (χ2n) is 4.63. The van der Waals surface area contributed by atoms with Crippen molar-refractivity contribution in [3.63, 3.8) is 0 Å². The van der Waals surface area contributed by atoms with E-state index in [-0.39, 0.29) is 0 Å². The van der Waals surface area contributed by atoms with Crippen LogP contribution < -0.4 is 0 Å². The molecule has 0 amide bonds. The summed E-state index contributed by atoms with van der Waals surface area (Å²) in [6.45, 7) is 4.47. The summed E-state index contributed by atoms with van der Waals surface area (Å²) in [7, 11) is 0. The van der Waals surface area contributed by atoms with E-state index < -0.39 is 0 Å². The van der Waals surface area contributed by atoms with E-state index in [4.69, 9.17) is 0 Å². The Bertz CT molecular complexity index is 511. The Hall–Kier alpha value is -1.22. The van der Waals surface area contributed by atoms with E-state index in [1.54, 1.807) is 0 Å². The van der Waals surface area contributed by atoms with E-state index in [2.05, 4.69) is 58.2 Å². The number of hydrogen-bond acceptors (Lipinski definition) is 2. The third-order valence-electron chi connectivity index (χ3n) is 3.16. The van der Waals surface area contributed by atoms with Gasteiger partial charge in [0, 0.05) is 5.56 Å². The van der Waals surface area contributed by atoms with Gasteiger partial charge in [0.15, 0.2) is 0 Å². The van der Waals surface area contributed by atoms with Crippen molar-refractivity contribution < 1.29 is 0 Å². The quantitative estimate of drug-likeness (QED) is 0.831. The number of rotatable bonds is 4. The monoisotopic (exact) mass is 304 g/mol. The van der Waals surface area contributed by atoms with Crippen molar-refractivity contribution in [3.05, 3.63) is 46.6 Å². The van der Waals surface area contributed by atoms with Gasteiger partial charge >= 0.3 is 0 Å². The first kappa shape index (κ1) is 13.2. The minimum Gasteiger partial charge on any atom is -0.149 e. The standard InChI is InChI=1S/C15H17BrN2/c1-3-11(2)9-13-10-14(17-18-15(13)16)12-7-5-4-6-8-12/h4-8,10-11H,3,9H2,1-2H3. The van der Waals surface area contributed by atoms with Crippen molar-refractivity contribution in [2.75, 3.05) is 0 Å². The Morgan fingerprint density at radius 2 is 1.89 bits per heavy atom. The van der Waals surface area contributed by atoms with E-state index in [1.165, 1.54) is 12.0 Å². The van der Waals surface area contributed by atoms with Crippen LogP contribution in [0.5, 0.6) is 0 Å². The maximum absolute atomic E-state index is 4.25. The molecule has 1 aromatic heterocycles. The molecular weight excluding hydrogens is 288 g/mol. The molecule has 1 unspecified atom stereocenters. The Kier molecular flexibility index (Phi) is 4.48. The minimum atomic E-state index is 0.661. The van der Waals surface area contributed by atoms with Crippen LogP contribution in [0.25, 0.3) is 11.3 Å². The number of aromatic nitrogens is 2. The number of benzene rings is 1. The molecule has 2 aromatic rings. The van der Waals surface area contributed by atoms with E-state index in [0.29, 0.717) is 5.92 Å². The Morgan fingerprint density at radius 3 is 2.56 bits per heavy atom. The van der Waals surface area contributed by atoms with Crippen molar-refractivity contribution in [1.29, 1.82) is 0 Å². The van der Waals surface area contributed by atoms with Crippen LogP contribution in [0.3, 0.4) is 0 Å². The van der Waals surface area contributed by atoms with Gasteiger partial charge in [-0.25, -0.2) is 0 Å². The van der Waals surface area contributed by atoms with Gasteiger partial charge in [0.25, 0.3) is 0 Å². The molecule has 2 rings (SSSR count). The second kappa shape index (κ2) is 6.10. The molecule has 3 heteroatoms. The summed E-state index contributed by atoms with van der Waals surface area (Å²) < 4.78 is 0.863. The molecule has 0 N–H and O–H groups in total. The second-order valence-corrected chi connectivity index (χ2v) is 5.38. The van der Waals surface area contributed by atoms with Gasteiger partial charge in [-0.3, -0.25) is 0 Å². The van der Waals surface area contributed by atoms with Crippen molar-refractivity contribution in [2.24, 2.45) is 5.92 Å². The van der Waals surface area contributed by atoms with Crippen LogP contribution in [0, 0.1) is 5.92 Å². The van der Waals surface area contributed by atoms with Crippen LogP contribution in [0.15, 0.2) is 41.0 Å². The molecule has 0 saturated carbocycles. The zero-order chi connectivity index (χ0) is 13.0. The predicted molar refractivity (Wildman–Crippen MR) is 78.3 cm³/mol.